The summed E-state index contributed by atoms with van der Waals surface area (Å²) in [5, 5.41) is 15.6. The van der Waals surface area contributed by atoms with Crippen molar-refractivity contribution in [1.82, 2.24) is 10.4 Å². The van der Waals surface area contributed by atoms with Gasteiger partial charge in [-0.15, -0.1) is 0 Å². The Balaban J connectivity index is 2.05. The van der Waals surface area contributed by atoms with Crippen LogP contribution in [0.5, 0.6) is 0 Å². The summed E-state index contributed by atoms with van der Waals surface area (Å²) in [4.78, 5) is 28.5. The second-order valence-corrected chi connectivity index (χ2v) is 5.37. The van der Waals surface area contributed by atoms with E-state index in [4.69, 9.17) is 15.8 Å². The van der Waals surface area contributed by atoms with Crippen molar-refractivity contribution in [3.05, 3.63) is 71.3 Å². The fraction of sp³-hybridized carbons (Fsp3) is 0.167. The molecule has 0 saturated heterocycles. The van der Waals surface area contributed by atoms with Crippen molar-refractivity contribution in [2.45, 2.75) is 13.2 Å². The number of carboxylic acids is 1. The zero-order chi connectivity index (χ0) is 18.8. The van der Waals surface area contributed by atoms with E-state index in [9.17, 15) is 9.59 Å². The first-order valence-electron chi connectivity index (χ1n) is 7.84. The van der Waals surface area contributed by atoms with Gasteiger partial charge in [-0.1, -0.05) is 54.6 Å². The molecule has 4 N–H and O–H groups in total. The van der Waals surface area contributed by atoms with E-state index in [0.717, 1.165) is 21.8 Å². The van der Waals surface area contributed by atoms with Crippen LogP contribution < -0.4 is 11.2 Å². The fourth-order valence-electron chi connectivity index (χ4n) is 2.10. The van der Waals surface area contributed by atoms with E-state index < -0.39 is 18.5 Å². The minimum absolute atomic E-state index is 0.151. The SMILES string of the molecule is NN=Cc1ccc(CN(OCc2ccccc2)C(=O)NCC(=O)O)cc1. The highest BCUT2D eigenvalue weighted by Crippen LogP contribution is 2.10. The molecule has 0 fully saturated rings. The van der Waals surface area contributed by atoms with Crippen molar-refractivity contribution < 1.29 is 19.5 Å². The zero-order valence-electron chi connectivity index (χ0n) is 14.0. The number of aliphatic carboxylic acids is 1. The van der Waals surface area contributed by atoms with Crippen LogP contribution in [-0.4, -0.2) is 34.9 Å². The number of nitrogens with one attached hydrogen (secondary N) is 1. The van der Waals surface area contributed by atoms with Gasteiger partial charge in [0.05, 0.1) is 12.8 Å². The molecule has 26 heavy (non-hydrogen) atoms. The van der Waals surface area contributed by atoms with Crippen molar-refractivity contribution in [3.63, 3.8) is 0 Å². The number of carboxylic acid groups (broad SMARTS) is 1. The second kappa shape index (κ2) is 9.80. The number of carbonyl (C=O) groups excluding carboxylic acids is 1. The van der Waals surface area contributed by atoms with Crippen LogP contribution in [0.4, 0.5) is 4.79 Å². The van der Waals surface area contributed by atoms with Crippen LogP contribution in [0.2, 0.25) is 0 Å². The van der Waals surface area contributed by atoms with Gasteiger partial charge in [0.1, 0.15) is 13.2 Å². The Morgan fingerprint density at radius 2 is 1.81 bits per heavy atom. The predicted molar refractivity (Wildman–Crippen MR) is 96.0 cm³/mol. The lowest BCUT2D eigenvalue weighted by Gasteiger charge is -2.22. The molecule has 0 aliphatic heterocycles. The molecule has 2 amide bonds. The molecule has 136 valence electrons. The third kappa shape index (κ3) is 6.25. The summed E-state index contributed by atoms with van der Waals surface area (Å²) in [6, 6.07) is 15.9. The van der Waals surface area contributed by atoms with Gasteiger partial charge in [0.15, 0.2) is 0 Å². The van der Waals surface area contributed by atoms with Crippen LogP contribution >= 0.6 is 0 Å². The number of rotatable bonds is 8. The summed E-state index contributed by atoms with van der Waals surface area (Å²) in [5.41, 5.74) is 2.51. The van der Waals surface area contributed by atoms with E-state index in [1.165, 1.54) is 6.21 Å². The molecule has 2 aromatic rings. The number of hydrogen-bond donors (Lipinski definition) is 3. The number of hydrogen-bond acceptors (Lipinski definition) is 5. The molecule has 2 rings (SSSR count). The molecular formula is C18H20N4O4. The molecule has 0 aliphatic carbocycles. The number of nitrogens with two attached hydrogens (primary N) is 1. The van der Waals surface area contributed by atoms with Crippen LogP contribution in [-0.2, 0) is 22.8 Å². The van der Waals surface area contributed by atoms with Gasteiger partial charge in [-0.3, -0.25) is 9.63 Å². The maximum Gasteiger partial charge on any atom is 0.342 e. The molecule has 8 heteroatoms. The number of amides is 2. The van der Waals surface area contributed by atoms with Crippen LogP contribution in [0.15, 0.2) is 59.7 Å². The van der Waals surface area contributed by atoms with Crippen molar-refractivity contribution in [1.29, 1.82) is 0 Å². The van der Waals surface area contributed by atoms with Gasteiger partial charge in [0, 0.05) is 0 Å². The molecule has 2 aromatic carbocycles. The van der Waals surface area contributed by atoms with Crippen LogP contribution in [0.25, 0.3) is 0 Å². The van der Waals surface area contributed by atoms with Crippen LogP contribution in [0.1, 0.15) is 16.7 Å². The van der Waals surface area contributed by atoms with E-state index in [2.05, 4.69) is 10.4 Å². The number of urea groups is 1. The Labute approximate surface area is 150 Å². The average molecular weight is 356 g/mol. The quantitative estimate of drug-likeness (QED) is 0.378. The summed E-state index contributed by atoms with van der Waals surface area (Å²) < 4.78 is 0. The summed E-state index contributed by atoms with van der Waals surface area (Å²) in [5.74, 6) is 3.98. The average Bonchev–Trinajstić information content (AvgIpc) is 2.65. The molecule has 0 spiro atoms. The number of benzene rings is 2. The number of hydroxylamine groups is 2. The van der Waals surface area contributed by atoms with Gasteiger partial charge >= 0.3 is 12.0 Å². The van der Waals surface area contributed by atoms with Crippen LogP contribution in [0.3, 0.4) is 0 Å². The third-order valence-corrected chi connectivity index (χ3v) is 3.38. The summed E-state index contributed by atoms with van der Waals surface area (Å²) >= 11 is 0. The monoisotopic (exact) mass is 356 g/mol. The Kier molecular flexibility index (Phi) is 7.14. The Morgan fingerprint density at radius 1 is 1.12 bits per heavy atom. The van der Waals surface area contributed by atoms with Crippen molar-refractivity contribution in [2.24, 2.45) is 10.9 Å². The number of hydrazone groups is 1. The molecule has 8 nitrogen and oxygen atoms in total. The summed E-state index contributed by atoms with van der Waals surface area (Å²) in [7, 11) is 0. The maximum absolute atomic E-state index is 12.2. The molecule has 0 aromatic heterocycles. The highest BCUT2D eigenvalue weighted by Gasteiger charge is 2.16. The lowest BCUT2D eigenvalue weighted by Crippen LogP contribution is -2.41. The first-order valence-corrected chi connectivity index (χ1v) is 7.84. The molecule has 0 atom stereocenters. The van der Waals surface area contributed by atoms with E-state index in [-0.39, 0.29) is 13.2 Å². The fourth-order valence-corrected chi connectivity index (χ4v) is 2.10. The Bertz CT molecular complexity index is 748. The molecular weight excluding hydrogens is 336 g/mol. The number of nitrogens with zero attached hydrogens (tertiary/aromatic N) is 2. The van der Waals surface area contributed by atoms with Crippen molar-refractivity contribution in [3.8, 4) is 0 Å². The van der Waals surface area contributed by atoms with Gasteiger partial charge in [-0.25, -0.2) is 4.79 Å². The molecule has 0 bridgehead atoms. The summed E-state index contributed by atoms with van der Waals surface area (Å²) in [6.07, 6.45) is 1.51. The van der Waals surface area contributed by atoms with E-state index in [1.807, 2.05) is 30.3 Å². The van der Waals surface area contributed by atoms with E-state index in [1.54, 1.807) is 24.3 Å². The highest BCUT2D eigenvalue weighted by atomic mass is 16.7. The molecule has 0 radical (unpaired) electrons. The van der Waals surface area contributed by atoms with Gasteiger partial charge in [-0.2, -0.15) is 10.2 Å². The topological polar surface area (TPSA) is 117 Å². The van der Waals surface area contributed by atoms with Crippen molar-refractivity contribution >= 4 is 18.2 Å². The molecule has 0 saturated carbocycles. The smallest absolute Gasteiger partial charge is 0.342 e. The van der Waals surface area contributed by atoms with Gasteiger partial charge in [0.2, 0.25) is 0 Å². The van der Waals surface area contributed by atoms with E-state index >= 15 is 0 Å². The van der Waals surface area contributed by atoms with Gasteiger partial charge in [-0.05, 0) is 16.7 Å². The normalized spacial score (nSPS) is 10.6. The molecule has 0 aliphatic rings. The minimum atomic E-state index is -1.13. The Hall–Kier alpha value is -3.39. The van der Waals surface area contributed by atoms with Gasteiger partial charge in [0.25, 0.3) is 0 Å². The highest BCUT2D eigenvalue weighted by molar-refractivity contribution is 5.80. The predicted octanol–water partition coefficient (Wildman–Crippen LogP) is 1.71. The zero-order valence-corrected chi connectivity index (χ0v) is 14.0. The Morgan fingerprint density at radius 3 is 2.42 bits per heavy atom. The third-order valence-electron chi connectivity index (χ3n) is 3.38. The second-order valence-electron chi connectivity index (χ2n) is 5.37. The number of carbonyl (C=O) groups is 2. The lowest BCUT2D eigenvalue weighted by molar-refractivity contribution is -0.140. The first kappa shape index (κ1) is 18.9. The maximum atomic E-state index is 12.2. The van der Waals surface area contributed by atoms with Gasteiger partial charge < -0.3 is 16.3 Å². The lowest BCUT2D eigenvalue weighted by atomic mass is 10.1. The molecule has 0 heterocycles. The standard InChI is InChI=1S/C18H20N4O4/c19-21-10-14-6-8-15(9-7-14)12-22(18(25)20-11-17(23)24)26-13-16-4-2-1-3-5-16/h1-10H,11-13,19H2,(H,20,25)(H,23,24). The minimum Gasteiger partial charge on any atom is -0.480 e. The van der Waals surface area contributed by atoms with E-state index in [0.29, 0.717) is 0 Å². The summed E-state index contributed by atoms with van der Waals surface area (Å²) in [6.45, 7) is -0.159. The largest absolute Gasteiger partial charge is 0.480 e. The molecule has 0 unspecified atom stereocenters. The van der Waals surface area contributed by atoms with Crippen molar-refractivity contribution in [2.75, 3.05) is 6.54 Å². The first-order chi connectivity index (χ1) is 12.6. The van der Waals surface area contributed by atoms with Crippen LogP contribution in [0, 0.1) is 0 Å².